The van der Waals surface area contributed by atoms with Gasteiger partial charge in [0.2, 0.25) is 11.9 Å². The maximum absolute atomic E-state index is 12.2. The fraction of sp³-hybridized carbons (Fsp3) is 0.611. The SMILES string of the molecule is O=C(CCn1cnnc1)NC1CCN(c2nccc(C3CCOCC3)n2)C1. The lowest BCUT2D eigenvalue weighted by Gasteiger charge is -2.23. The molecule has 2 fully saturated rings. The molecule has 0 spiro atoms. The first-order valence-corrected chi connectivity index (χ1v) is 9.55. The lowest BCUT2D eigenvalue weighted by molar-refractivity contribution is -0.121. The zero-order valence-corrected chi connectivity index (χ0v) is 15.3. The van der Waals surface area contributed by atoms with Crippen molar-refractivity contribution in [1.82, 2.24) is 30.0 Å². The van der Waals surface area contributed by atoms with Crippen molar-refractivity contribution in [3.05, 3.63) is 30.6 Å². The van der Waals surface area contributed by atoms with Gasteiger partial charge in [-0.25, -0.2) is 9.97 Å². The molecule has 2 aromatic rings. The fourth-order valence-corrected chi connectivity index (χ4v) is 3.66. The Bertz CT molecular complexity index is 746. The number of rotatable bonds is 6. The van der Waals surface area contributed by atoms with Crippen LogP contribution < -0.4 is 10.2 Å². The molecule has 2 aliphatic rings. The van der Waals surface area contributed by atoms with Crippen molar-refractivity contribution in [3.63, 3.8) is 0 Å². The monoisotopic (exact) mass is 371 g/mol. The van der Waals surface area contributed by atoms with E-state index in [0.717, 1.165) is 57.2 Å². The summed E-state index contributed by atoms with van der Waals surface area (Å²) >= 11 is 0. The van der Waals surface area contributed by atoms with Crippen molar-refractivity contribution < 1.29 is 9.53 Å². The number of nitrogens with zero attached hydrogens (tertiary/aromatic N) is 6. The quantitative estimate of drug-likeness (QED) is 0.800. The highest BCUT2D eigenvalue weighted by Crippen LogP contribution is 2.26. The molecule has 2 aromatic heterocycles. The van der Waals surface area contributed by atoms with Crippen LogP contribution in [0, 0.1) is 0 Å². The summed E-state index contributed by atoms with van der Waals surface area (Å²) in [6.45, 7) is 3.79. The van der Waals surface area contributed by atoms with Gasteiger partial charge in [0.05, 0.1) is 0 Å². The molecule has 9 nitrogen and oxygen atoms in total. The molecular formula is C18H25N7O2. The molecule has 0 aliphatic carbocycles. The standard InChI is InChI=1S/C18H25N7O2/c26-17(3-7-24-12-20-21-13-24)22-15-2-8-25(11-15)18-19-6-1-16(23-18)14-4-9-27-10-5-14/h1,6,12-15H,2-5,7-11H2,(H,22,26). The molecule has 0 saturated carbocycles. The van der Waals surface area contributed by atoms with Crippen LogP contribution in [0.25, 0.3) is 0 Å². The van der Waals surface area contributed by atoms with Crippen LogP contribution in [0.15, 0.2) is 24.9 Å². The van der Waals surface area contributed by atoms with Crippen molar-refractivity contribution in [2.75, 3.05) is 31.2 Å². The topological polar surface area (TPSA) is 98.1 Å². The highest BCUT2D eigenvalue weighted by molar-refractivity contribution is 5.76. The first kappa shape index (κ1) is 17.8. The summed E-state index contributed by atoms with van der Waals surface area (Å²) in [5.41, 5.74) is 1.10. The molecule has 9 heteroatoms. The third-order valence-corrected chi connectivity index (χ3v) is 5.20. The highest BCUT2D eigenvalue weighted by Gasteiger charge is 2.26. The summed E-state index contributed by atoms with van der Waals surface area (Å²) in [5.74, 6) is 1.27. The van der Waals surface area contributed by atoms with Crippen molar-refractivity contribution in [2.24, 2.45) is 0 Å². The number of carbonyl (C=O) groups is 1. The van der Waals surface area contributed by atoms with E-state index in [1.807, 2.05) is 12.3 Å². The van der Waals surface area contributed by atoms with Gasteiger partial charge in [0, 0.05) is 63.1 Å². The van der Waals surface area contributed by atoms with E-state index in [0.29, 0.717) is 18.9 Å². The van der Waals surface area contributed by atoms with Crippen molar-refractivity contribution in [2.45, 2.75) is 44.2 Å². The number of amides is 1. The summed E-state index contributed by atoms with van der Waals surface area (Å²) < 4.78 is 7.25. The number of ether oxygens (including phenoxy) is 1. The number of aromatic nitrogens is 5. The second-order valence-electron chi connectivity index (χ2n) is 7.12. The summed E-state index contributed by atoms with van der Waals surface area (Å²) in [4.78, 5) is 23.6. The van der Waals surface area contributed by atoms with E-state index >= 15 is 0 Å². The first-order valence-electron chi connectivity index (χ1n) is 9.55. The molecule has 144 valence electrons. The molecule has 27 heavy (non-hydrogen) atoms. The van der Waals surface area contributed by atoms with Crippen molar-refractivity contribution >= 4 is 11.9 Å². The second kappa shape index (κ2) is 8.43. The molecule has 1 atom stereocenters. The third kappa shape index (κ3) is 4.60. The average Bonchev–Trinajstić information content (AvgIpc) is 3.39. The van der Waals surface area contributed by atoms with E-state index in [1.54, 1.807) is 17.2 Å². The molecule has 2 saturated heterocycles. The molecule has 1 unspecified atom stereocenters. The molecule has 0 radical (unpaired) electrons. The number of carbonyl (C=O) groups excluding carboxylic acids is 1. The van der Waals surface area contributed by atoms with E-state index in [1.165, 1.54) is 0 Å². The van der Waals surface area contributed by atoms with Crippen LogP contribution in [-0.4, -0.2) is 63.0 Å². The van der Waals surface area contributed by atoms with Gasteiger partial charge >= 0.3 is 0 Å². The zero-order valence-electron chi connectivity index (χ0n) is 15.3. The molecule has 0 bridgehead atoms. The summed E-state index contributed by atoms with van der Waals surface area (Å²) in [6, 6.07) is 2.15. The third-order valence-electron chi connectivity index (χ3n) is 5.20. The van der Waals surface area contributed by atoms with E-state index in [4.69, 9.17) is 9.72 Å². The smallest absolute Gasteiger partial charge is 0.225 e. The largest absolute Gasteiger partial charge is 0.381 e. The Balaban J connectivity index is 1.29. The van der Waals surface area contributed by atoms with Crippen LogP contribution in [0.4, 0.5) is 5.95 Å². The van der Waals surface area contributed by atoms with Gasteiger partial charge < -0.3 is 19.5 Å². The molecule has 1 N–H and O–H groups in total. The molecule has 2 aliphatic heterocycles. The lowest BCUT2D eigenvalue weighted by Crippen LogP contribution is -2.37. The maximum Gasteiger partial charge on any atom is 0.225 e. The second-order valence-corrected chi connectivity index (χ2v) is 7.12. The number of anilines is 1. The molecule has 4 rings (SSSR count). The van der Waals surface area contributed by atoms with Gasteiger partial charge in [-0.2, -0.15) is 0 Å². The minimum absolute atomic E-state index is 0.0485. The van der Waals surface area contributed by atoms with E-state index < -0.39 is 0 Å². The summed E-state index contributed by atoms with van der Waals surface area (Å²) in [6.07, 6.45) is 8.44. The van der Waals surface area contributed by atoms with Crippen LogP contribution in [0.5, 0.6) is 0 Å². The van der Waals surface area contributed by atoms with Crippen molar-refractivity contribution in [3.8, 4) is 0 Å². The highest BCUT2D eigenvalue weighted by atomic mass is 16.5. The minimum Gasteiger partial charge on any atom is -0.381 e. The lowest BCUT2D eigenvalue weighted by atomic mass is 9.96. The molecular weight excluding hydrogens is 346 g/mol. The van der Waals surface area contributed by atoms with Crippen LogP contribution in [0.3, 0.4) is 0 Å². The van der Waals surface area contributed by atoms with Gasteiger partial charge in [0.15, 0.2) is 0 Å². The van der Waals surface area contributed by atoms with E-state index in [-0.39, 0.29) is 11.9 Å². The average molecular weight is 371 g/mol. The predicted octanol–water partition coefficient (Wildman–Crippen LogP) is 0.747. The van der Waals surface area contributed by atoms with E-state index in [9.17, 15) is 4.79 Å². The fourth-order valence-electron chi connectivity index (χ4n) is 3.66. The van der Waals surface area contributed by atoms with Gasteiger partial charge in [-0.1, -0.05) is 0 Å². The van der Waals surface area contributed by atoms with Gasteiger partial charge in [0.1, 0.15) is 12.7 Å². The number of aryl methyl sites for hydroxylation is 1. The number of hydrogen-bond acceptors (Lipinski definition) is 7. The summed E-state index contributed by atoms with van der Waals surface area (Å²) in [5, 5.41) is 10.6. The molecule has 1 amide bonds. The van der Waals surface area contributed by atoms with Gasteiger partial charge in [-0.3, -0.25) is 4.79 Å². The Morgan fingerprint density at radius 2 is 2.04 bits per heavy atom. The number of hydrogen-bond donors (Lipinski definition) is 1. The van der Waals surface area contributed by atoms with Crippen LogP contribution in [-0.2, 0) is 16.1 Å². The Morgan fingerprint density at radius 3 is 2.85 bits per heavy atom. The normalized spacial score (nSPS) is 20.7. The van der Waals surface area contributed by atoms with Crippen molar-refractivity contribution in [1.29, 1.82) is 0 Å². The minimum atomic E-state index is 0.0485. The Kier molecular flexibility index (Phi) is 5.57. The number of nitrogens with one attached hydrogen (secondary N) is 1. The van der Waals surface area contributed by atoms with Crippen LogP contribution in [0.1, 0.15) is 37.3 Å². The first-order chi connectivity index (χ1) is 13.3. The van der Waals surface area contributed by atoms with Crippen LogP contribution >= 0.6 is 0 Å². The van der Waals surface area contributed by atoms with E-state index in [2.05, 4.69) is 25.4 Å². The Hall–Kier alpha value is -2.55. The maximum atomic E-state index is 12.2. The Labute approximate surface area is 158 Å². The van der Waals surface area contributed by atoms with Crippen LogP contribution in [0.2, 0.25) is 0 Å². The summed E-state index contributed by atoms with van der Waals surface area (Å²) in [7, 11) is 0. The van der Waals surface area contributed by atoms with Gasteiger partial charge in [-0.15, -0.1) is 10.2 Å². The molecule has 4 heterocycles. The molecule has 0 aromatic carbocycles. The zero-order chi connectivity index (χ0) is 18.5. The van der Waals surface area contributed by atoms with Gasteiger partial charge in [-0.05, 0) is 25.3 Å². The Morgan fingerprint density at radius 1 is 1.22 bits per heavy atom. The van der Waals surface area contributed by atoms with Gasteiger partial charge in [0.25, 0.3) is 0 Å². The predicted molar refractivity (Wildman–Crippen MR) is 98.2 cm³/mol.